The molecule has 2 N–H and O–H groups in total. The number of hydrogen-bond acceptors (Lipinski definition) is 11. The lowest BCUT2D eigenvalue weighted by molar-refractivity contribution is -0.142. The fourth-order valence-corrected chi connectivity index (χ4v) is 11.1. The van der Waals surface area contributed by atoms with Crippen molar-refractivity contribution in [3.8, 4) is 5.75 Å². The summed E-state index contributed by atoms with van der Waals surface area (Å²) in [4.78, 5) is 79.7. The first kappa shape index (κ1) is 42.0. The highest BCUT2D eigenvalue weighted by Gasteiger charge is 2.49. The van der Waals surface area contributed by atoms with Gasteiger partial charge in [-0.2, -0.15) is 5.10 Å². The summed E-state index contributed by atoms with van der Waals surface area (Å²) >= 11 is 0. The van der Waals surface area contributed by atoms with Gasteiger partial charge in [-0.15, -0.1) is 0 Å². The number of aliphatic imine (C=N–C) groups is 1. The van der Waals surface area contributed by atoms with Gasteiger partial charge >= 0.3 is 12.0 Å². The van der Waals surface area contributed by atoms with Crippen LogP contribution in [-0.4, -0.2) is 155 Å². The smallest absolute Gasteiger partial charge is 0.332 e. The number of piperidine rings is 4. The molecule has 1 saturated carbocycles. The fourth-order valence-electron chi connectivity index (χ4n) is 11.1. The minimum absolute atomic E-state index is 0.0748. The number of ether oxygens (including phenoxy) is 1. The van der Waals surface area contributed by atoms with Crippen LogP contribution in [0, 0.1) is 17.3 Å². The summed E-state index contributed by atoms with van der Waals surface area (Å²) in [6.07, 6.45) is 19.1. The molecule has 5 saturated heterocycles. The van der Waals surface area contributed by atoms with Gasteiger partial charge in [0.25, 0.3) is 5.91 Å². The molecule has 332 valence electrons. The third-order valence-corrected chi connectivity index (χ3v) is 15.0. The van der Waals surface area contributed by atoms with Gasteiger partial charge < -0.3 is 34.3 Å². The molecule has 6 fully saturated rings. The molecule has 5 amide bonds. The van der Waals surface area contributed by atoms with Crippen molar-refractivity contribution in [1.82, 2.24) is 34.7 Å². The first-order valence-electron chi connectivity index (χ1n) is 22.7. The molecule has 17 nitrogen and oxygen atoms in total. The number of benzene rings is 1. The minimum Gasteiger partial charge on any atom is -0.495 e. The Kier molecular flexibility index (Phi) is 12.1. The monoisotopic (exact) mass is 852 g/mol. The number of aromatic nitrogens is 2. The van der Waals surface area contributed by atoms with Crippen LogP contribution in [0.25, 0.3) is 0 Å². The highest BCUT2D eigenvalue weighted by molar-refractivity contribution is 6.07. The van der Waals surface area contributed by atoms with Crippen molar-refractivity contribution in [3.63, 3.8) is 0 Å². The molecule has 0 bridgehead atoms. The normalized spacial score (nSPS) is 24.7. The van der Waals surface area contributed by atoms with E-state index in [2.05, 4.69) is 30.1 Å². The predicted octanol–water partition coefficient (Wildman–Crippen LogP) is 3.83. The van der Waals surface area contributed by atoms with Gasteiger partial charge in [0.2, 0.25) is 11.8 Å². The molecule has 1 atom stereocenters. The Morgan fingerprint density at radius 3 is 2.32 bits per heavy atom. The van der Waals surface area contributed by atoms with Gasteiger partial charge in [-0.3, -0.25) is 34.3 Å². The van der Waals surface area contributed by atoms with E-state index in [0.717, 1.165) is 70.0 Å². The lowest BCUT2D eigenvalue weighted by atomic mass is 9.59. The number of carboxylic acids is 1. The van der Waals surface area contributed by atoms with Gasteiger partial charge in [-0.1, -0.05) is 0 Å². The van der Waals surface area contributed by atoms with E-state index in [1.54, 1.807) is 46.6 Å². The number of anilines is 2. The van der Waals surface area contributed by atoms with Gasteiger partial charge in [0.05, 0.1) is 30.7 Å². The number of urea groups is 1. The first-order valence-corrected chi connectivity index (χ1v) is 22.7. The molecular weight excluding hydrogens is 793 g/mol. The number of methoxy groups -OCH3 is 1. The molecule has 6 aliphatic heterocycles. The average molecular weight is 853 g/mol. The Bertz CT molecular complexity index is 2060. The number of nitrogens with one attached hydrogen (secondary N) is 1. The lowest BCUT2D eigenvalue weighted by Crippen LogP contribution is -2.57. The van der Waals surface area contributed by atoms with Gasteiger partial charge in [0.1, 0.15) is 5.75 Å². The van der Waals surface area contributed by atoms with Crippen LogP contribution in [-0.2, 0) is 14.4 Å². The first-order chi connectivity index (χ1) is 30.1. The molecule has 1 aromatic heterocycles. The van der Waals surface area contributed by atoms with E-state index in [1.165, 1.54) is 57.0 Å². The van der Waals surface area contributed by atoms with E-state index in [-0.39, 0.29) is 36.6 Å². The Labute approximate surface area is 362 Å². The van der Waals surface area contributed by atoms with E-state index in [1.807, 2.05) is 10.9 Å². The van der Waals surface area contributed by atoms with Crippen LogP contribution >= 0.6 is 0 Å². The molecule has 0 radical (unpaired) electrons. The SMILES string of the molecule is COc1ccc(C(=O)N2CCC(C(=O)N3CCC4(CC3)CC(N3CCC(CN5CCC(n6cc(N7C=CN=CC7C(=O)O)cn6)CC5)CC3)C4)CC2)cc1N1CCC(=O)NC1=O. The van der Waals surface area contributed by atoms with E-state index in [9.17, 15) is 29.1 Å². The van der Waals surface area contributed by atoms with Crippen LogP contribution in [0.5, 0.6) is 5.75 Å². The molecule has 7 heterocycles. The molecule has 7 aliphatic rings. The minimum atomic E-state index is -0.937. The Morgan fingerprint density at radius 2 is 1.63 bits per heavy atom. The van der Waals surface area contributed by atoms with Gasteiger partial charge in [-0.25, -0.2) is 9.59 Å². The summed E-state index contributed by atoms with van der Waals surface area (Å²) < 4.78 is 7.48. The number of carboxylic acid groups (broad SMARTS) is 1. The highest BCUT2D eigenvalue weighted by Crippen LogP contribution is 2.51. The second-order valence-corrected chi connectivity index (χ2v) is 18.6. The maximum atomic E-state index is 13.7. The summed E-state index contributed by atoms with van der Waals surface area (Å²) in [5.74, 6) is -0.0688. The number of carbonyl (C=O) groups is 5. The third-order valence-electron chi connectivity index (χ3n) is 15.0. The van der Waals surface area contributed by atoms with Gasteiger partial charge in [-0.05, 0) is 107 Å². The number of nitrogens with zero attached hydrogens (tertiary/aromatic N) is 9. The number of hydrogen-bond donors (Lipinski definition) is 2. The van der Waals surface area contributed by atoms with Crippen LogP contribution in [0.4, 0.5) is 16.2 Å². The van der Waals surface area contributed by atoms with Crippen molar-refractivity contribution in [2.45, 2.75) is 88.8 Å². The number of aliphatic carboxylic acids is 1. The molecule has 17 heteroatoms. The zero-order valence-electron chi connectivity index (χ0n) is 35.8. The summed E-state index contributed by atoms with van der Waals surface area (Å²) in [5.41, 5.74) is 2.03. The van der Waals surface area contributed by atoms with E-state index in [4.69, 9.17) is 4.74 Å². The molecule has 1 aromatic carbocycles. The summed E-state index contributed by atoms with van der Waals surface area (Å²) in [5, 5.41) is 16.5. The third kappa shape index (κ3) is 8.70. The largest absolute Gasteiger partial charge is 0.495 e. The number of rotatable bonds is 10. The Morgan fingerprint density at radius 1 is 0.887 bits per heavy atom. The van der Waals surface area contributed by atoms with Crippen LogP contribution in [0.3, 0.4) is 0 Å². The van der Waals surface area contributed by atoms with Gasteiger partial charge in [0.15, 0.2) is 6.04 Å². The number of carbonyl (C=O) groups excluding carboxylic acids is 4. The molecule has 1 spiro atoms. The maximum Gasteiger partial charge on any atom is 0.332 e. The van der Waals surface area contributed by atoms with E-state index in [0.29, 0.717) is 60.4 Å². The number of likely N-dealkylation sites (tertiary alicyclic amines) is 4. The van der Waals surface area contributed by atoms with Crippen molar-refractivity contribution in [2.75, 3.05) is 82.4 Å². The average Bonchev–Trinajstić information content (AvgIpc) is 3.79. The second-order valence-electron chi connectivity index (χ2n) is 18.6. The van der Waals surface area contributed by atoms with Crippen LogP contribution < -0.4 is 19.9 Å². The van der Waals surface area contributed by atoms with Crippen molar-refractivity contribution in [3.05, 3.63) is 48.6 Å². The van der Waals surface area contributed by atoms with Crippen molar-refractivity contribution in [2.24, 2.45) is 22.2 Å². The Balaban J connectivity index is 0.669. The van der Waals surface area contributed by atoms with Crippen LogP contribution in [0.1, 0.15) is 87.0 Å². The number of imide groups is 1. The van der Waals surface area contributed by atoms with Gasteiger partial charge in [0, 0.05) is 101 Å². The van der Waals surface area contributed by atoms with Crippen LogP contribution in [0.2, 0.25) is 0 Å². The second kappa shape index (κ2) is 17.8. The quantitative estimate of drug-likeness (QED) is 0.356. The molecule has 1 aliphatic carbocycles. The zero-order chi connectivity index (χ0) is 43.0. The Hall–Kier alpha value is -5.29. The maximum absolute atomic E-state index is 13.7. The molecular formula is C45H60N10O7. The predicted molar refractivity (Wildman–Crippen MR) is 231 cm³/mol. The van der Waals surface area contributed by atoms with Crippen molar-refractivity contribution in [1.29, 1.82) is 0 Å². The lowest BCUT2D eigenvalue weighted by Gasteiger charge is -2.56. The zero-order valence-corrected chi connectivity index (χ0v) is 35.8. The molecule has 9 rings (SSSR count). The topological polar surface area (TPSA) is 176 Å². The van der Waals surface area contributed by atoms with Crippen molar-refractivity contribution < 1.29 is 33.8 Å². The molecule has 62 heavy (non-hydrogen) atoms. The summed E-state index contributed by atoms with van der Waals surface area (Å²) in [7, 11) is 1.51. The molecule has 1 unspecified atom stereocenters. The standard InChI is InChI=1S/C45H60N10O7/c1-62-39-3-2-33(24-37(39)54-20-10-40(56)48-44(54)61)42(58)51-18-6-32(7-19-51)41(57)52-21-11-45(12-22-52)25-35(26-45)50-16-4-31(5-17-50)29-49-14-8-34(9-15-49)55-30-36(27-47-55)53-23-13-46-28-38(53)43(59)60/h2-3,13,23-24,27-28,30-32,34-35,38H,4-12,14-22,25-26,29H2,1H3,(H,59,60)(H,48,56,61). The molecule has 2 aromatic rings. The van der Waals surface area contributed by atoms with E-state index >= 15 is 0 Å². The van der Waals surface area contributed by atoms with Crippen LogP contribution in [0.15, 0.2) is 48.0 Å². The summed E-state index contributed by atoms with van der Waals surface area (Å²) in [6.45, 7) is 8.48. The van der Waals surface area contributed by atoms with E-state index < -0.39 is 18.0 Å². The number of amides is 5. The van der Waals surface area contributed by atoms with Crippen molar-refractivity contribution >= 4 is 47.3 Å². The highest BCUT2D eigenvalue weighted by atomic mass is 16.5. The fraction of sp³-hybridized carbons (Fsp3) is 0.622. The summed E-state index contributed by atoms with van der Waals surface area (Å²) in [6, 6.07) is 4.66.